The number of nitrogens with one attached hydrogen (secondary N) is 3. The van der Waals surface area contributed by atoms with Crippen molar-refractivity contribution in [3.8, 4) is 0 Å². The van der Waals surface area contributed by atoms with Gasteiger partial charge in [0, 0.05) is 30.7 Å². The number of rotatable bonds is 5. The quantitative estimate of drug-likeness (QED) is 0.749. The first-order chi connectivity index (χ1) is 13.7. The van der Waals surface area contributed by atoms with Crippen LogP contribution in [0.15, 0.2) is 54.6 Å². The first-order valence-electron chi connectivity index (χ1n) is 10.4. The van der Waals surface area contributed by atoms with Crippen LogP contribution >= 0.6 is 0 Å². The van der Waals surface area contributed by atoms with Crippen molar-refractivity contribution in [1.82, 2.24) is 21.1 Å². The van der Waals surface area contributed by atoms with Gasteiger partial charge >= 0.3 is 0 Å². The first-order valence-corrected chi connectivity index (χ1v) is 10.4. The highest BCUT2D eigenvalue weighted by Gasteiger charge is 2.32. The second kappa shape index (κ2) is 8.86. The summed E-state index contributed by atoms with van der Waals surface area (Å²) in [5, 5.41) is 3.22. The molecule has 5 nitrogen and oxygen atoms in total. The molecule has 0 aromatic heterocycles. The summed E-state index contributed by atoms with van der Waals surface area (Å²) >= 11 is 0. The van der Waals surface area contributed by atoms with Crippen LogP contribution in [0, 0.1) is 0 Å². The van der Waals surface area contributed by atoms with Crippen LogP contribution in [0.1, 0.15) is 53.7 Å². The second-order valence-corrected chi connectivity index (χ2v) is 7.84. The Hall–Kier alpha value is -2.21. The van der Waals surface area contributed by atoms with Gasteiger partial charge in [0.2, 0.25) is 0 Å². The molecule has 2 heterocycles. The molecule has 1 amide bonds. The van der Waals surface area contributed by atoms with E-state index in [4.69, 9.17) is 0 Å². The van der Waals surface area contributed by atoms with E-state index < -0.39 is 0 Å². The van der Waals surface area contributed by atoms with Crippen molar-refractivity contribution >= 4 is 5.91 Å². The molecule has 2 unspecified atom stereocenters. The van der Waals surface area contributed by atoms with E-state index in [1.54, 1.807) is 0 Å². The van der Waals surface area contributed by atoms with Gasteiger partial charge in [0.05, 0.1) is 6.17 Å². The van der Waals surface area contributed by atoms with Crippen LogP contribution in [0.5, 0.6) is 0 Å². The number of hydrazine groups is 1. The highest BCUT2D eigenvalue weighted by molar-refractivity contribution is 5.94. The third-order valence-electron chi connectivity index (χ3n) is 6.01. The standard InChI is InChI=1S/C23H30N4O/c1-2-17-8-10-19(11-9-17)23(28)24-20-12-14-27(15-13-20)22-16-21(25-26-22)18-6-4-3-5-7-18/h3-11,20-22,25-26H,2,12-16H2,1H3,(H,24,28). The number of amides is 1. The van der Waals surface area contributed by atoms with E-state index in [1.807, 2.05) is 24.3 Å². The highest BCUT2D eigenvalue weighted by Crippen LogP contribution is 2.25. The van der Waals surface area contributed by atoms with Gasteiger partial charge in [0.15, 0.2) is 0 Å². The molecule has 0 radical (unpaired) electrons. The number of benzene rings is 2. The van der Waals surface area contributed by atoms with Crippen LogP contribution in [0.3, 0.4) is 0 Å². The van der Waals surface area contributed by atoms with Gasteiger partial charge in [-0.05, 0) is 48.9 Å². The number of carbonyl (C=O) groups excluding carboxylic acids is 1. The Morgan fingerprint density at radius 1 is 1.04 bits per heavy atom. The number of hydrogen-bond acceptors (Lipinski definition) is 4. The Bertz CT molecular complexity index is 769. The van der Waals surface area contributed by atoms with E-state index in [2.05, 4.69) is 58.3 Å². The molecule has 2 fully saturated rings. The summed E-state index contributed by atoms with van der Waals surface area (Å²) < 4.78 is 0. The highest BCUT2D eigenvalue weighted by atomic mass is 16.1. The van der Waals surface area contributed by atoms with Crippen LogP contribution in [0.2, 0.25) is 0 Å². The fourth-order valence-electron chi connectivity index (χ4n) is 4.20. The minimum absolute atomic E-state index is 0.0471. The van der Waals surface area contributed by atoms with E-state index in [-0.39, 0.29) is 11.9 Å². The Kier molecular flexibility index (Phi) is 6.05. The zero-order valence-corrected chi connectivity index (χ0v) is 16.5. The normalized spacial score (nSPS) is 23.6. The van der Waals surface area contributed by atoms with E-state index in [1.165, 1.54) is 11.1 Å². The van der Waals surface area contributed by atoms with Crippen molar-refractivity contribution in [2.45, 2.75) is 50.9 Å². The van der Waals surface area contributed by atoms with Crippen molar-refractivity contribution in [1.29, 1.82) is 0 Å². The molecule has 2 saturated heterocycles. The van der Waals surface area contributed by atoms with Gasteiger partial charge in [-0.2, -0.15) is 0 Å². The summed E-state index contributed by atoms with van der Waals surface area (Å²) in [6, 6.07) is 19.2. The largest absolute Gasteiger partial charge is 0.349 e. The first kappa shape index (κ1) is 19.1. The smallest absolute Gasteiger partial charge is 0.251 e. The van der Waals surface area contributed by atoms with Crippen molar-refractivity contribution < 1.29 is 4.79 Å². The fraction of sp³-hybridized carbons (Fsp3) is 0.435. The zero-order chi connectivity index (χ0) is 19.3. The van der Waals surface area contributed by atoms with Crippen molar-refractivity contribution in [3.05, 3.63) is 71.3 Å². The van der Waals surface area contributed by atoms with Crippen LogP contribution in [0.4, 0.5) is 0 Å². The Morgan fingerprint density at radius 3 is 2.43 bits per heavy atom. The lowest BCUT2D eigenvalue weighted by molar-refractivity contribution is 0.0880. The minimum Gasteiger partial charge on any atom is -0.349 e. The lowest BCUT2D eigenvalue weighted by atomic mass is 10.0. The molecular weight excluding hydrogens is 348 g/mol. The molecule has 4 rings (SSSR count). The van der Waals surface area contributed by atoms with Crippen molar-refractivity contribution in [3.63, 3.8) is 0 Å². The number of nitrogens with zero attached hydrogens (tertiary/aromatic N) is 1. The lowest BCUT2D eigenvalue weighted by Gasteiger charge is -2.35. The van der Waals surface area contributed by atoms with E-state index in [9.17, 15) is 4.79 Å². The van der Waals surface area contributed by atoms with Gasteiger partial charge in [-0.1, -0.05) is 49.4 Å². The average Bonchev–Trinajstić information content (AvgIpc) is 3.25. The molecule has 3 N–H and O–H groups in total. The molecule has 2 aliphatic heterocycles. The average molecular weight is 379 g/mol. The summed E-state index contributed by atoms with van der Waals surface area (Å²) in [6.45, 7) is 4.13. The zero-order valence-electron chi connectivity index (χ0n) is 16.5. The minimum atomic E-state index is 0.0471. The Morgan fingerprint density at radius 2 is 1.75 bits per heavy atom. The molecule has 28 heavy (non-hydrogen) atoms. The van der Waals surface area contributed by atoms with Crippen LogP contribution in [0.25, 0.3) is 0 Å². The van der Waals surface area contributed by atoms with Crippen molar-refractivity contribution in [2.75, 3.05) is 13.1 Å². The Labute approximate surface area is 167 Å². The topological polar surface area (TPSA) is 56.4 Å². The summed E-state index contributed by atoms with van der Waals surface area (Å²) in [7, 11) is 0. The maximum absolute atomic E-state index is 12.5. The maximum atomic E-state index is 12.5. The molecule has 148 valence electrons. The van der Waals surface area contributed by atoms with E-state index >= 15 is 0 Å². The molecule has 0 aliphatic carbocycles. The van der Waals surface area contributed by atoms with Gasteiger partial charge in [-0.15, -0.1) is 0 Å². The van der Waals surface area contributed by atoms with Gasteiger partial charge in [-0.25, -0.2) is 10.9 Å². The molecule has 0 bridgehead atoms. The predicted molar refractivity (Wildman–Crippen MR) is 112 cm³/mol. The number of hydrogen-bond donors (Lipinski definition) is 3. The maximum Gasteiger partial charge on any atom is 0.251 e. The summed E-state index contributed by atoms with van der Waals surface area (Å²) in [5.74, 6) is 0.0471. The molecule has 2 aromatic carbocycles. The third kappa shape index (κ3) is 4.43. The number of aryl methyl sites for hydroxylation is 1. The van der Waals surface area contributed by atoms with E-state index in [0.717, 1.165) is 44.3 Å². The van der Waals surface area contributed by atoms with Crippen LogP contribution in [-0.4, -0.2) is 36.1 Å². The number of carbonyl (C=O) groups is 1. The monoisotopic (exact) mass is 378 g/mol. The fourth-order valence-corrected chi connectivity index (χ4v) is 4.20. The van der Waals surface area contributed by atoms with Crippen LogP contribution < -0.4 is 16.2 Å². The summed E-state index contributed by atoms with van der Waals surface area (Å²) in [4.78, 5) is 15.0. The SMILES string of the molecule is CCc1ccc(C(=O)NC2CCN(C3CC(c4ccccc4)NN3)CC2)cc1. The second-order valence-electron chi connectivity index (χ2n) is 7.84. The molecule has 5 heteroatoms. The molecule has 0 saturated carbocycles. The molecule has 2 aliphatic rings. The molecule has 0 spiro atoms. The third-order valence-corrected chi connectivity index (χ3v) is 6.01. The molecule has 2 atom stereocenters. The van der Waals surface area contributed by atoms with E-state index in [0.29, 0.717) is 12.2 Å². The van der Waals surface area contributed by atoms with Crippen LogP contribution in [-0.2, 0) is 6.42 Å². The number of likely N-dealkylation sites (tertiary alicyclic amines) is 1. The predicted octanol–water partition coefficient (Wildman–Crippen LogP) is 3.01. The summed E-state index contributed by atoms with van der Waals surface area (Å²) in [6.07, 6.45) is 4.39. The van der Waals surface area contributed by atoms with Gasteiger partial charge in [-0.3, -0.25) is 9.69 Å². The molecule has 2 aromatic rings. The summed E-state index contributed by atoms with van der Waals surface area (Å²) in [5.41, 5.74) is 10.2. The number of piperidine rings is 1. The van der Waals surface area contributed by atoms with Crippen molar-refractivity contribution in [2.24, 2.45) is 0 Å². The Balaban J connectivity index is 1.25. The molecular formula is C23H30N4O. The van der Waals surface area contributed by atoms with Gasteiger partial charge in [0.25, 0.3) is 5.91 Å². The van der Waals surface area contributed by atoms with Gasteiger partial charge < -0.3 is 5.32 Å². The lowest BCUT2D eigenvalue weighted by Crippen LogP contribution is -2.51. The van der Waals surface area contributed by atoms with Gasteiger partial charge in [0.1, 0.15) is 0 Å².